The second-order valence-corrected chi connectivity index (χ2v) is 7.10. The van der Waals surface area contributed by atoms with Crippen molar-refractivity contribution in [1.29, 1.82) is 0 Å². The molecule has 3 N–H and O–H groups in total. The Morgan fingerprint density at radius 1 is 1.13 bits per heavy atom. The van der Waals surface area contributed by atoms with Gasteiger partial charge < -0.3 is 15.0 Å². The number of carbonyl (C=O) groups excluding carboxylic acids is 1. The number of nitrogens with zero attached hydrogens (tertiary/aromatic N) is 4. The Balaban J connectivity index is 1.66. The van der Waals surface area contributed by atoms with Crippen LogP contribution in [0.2, 0.25) is 0 Å². The molecule has 0 radical (unpaired) electrons. The third-order valence-electron chi connectivity index (χ3n) is 4.66. The average Bonchev–Trinajstić information content (AvgIpc) is 2.99. The maximum atomic E-state index is 12.6. The highest BCUT2D eigenvalue weighted by Gasteiger charge is 2.18. The molecule has 2 heterocycles. The Morgan fingerprint density at radius 3 is 2.61 bits per heavy atom. The Morgan fingerprint density at radius 2 is 1.87 bits per heavy atom. The van der Waals surface area contributed by atoms with Crippen molar-refractivity contribution in [3.63, 3.8) is 0 Å². The molecule has 156 valence electrons. The monoisotopic (exact) mass is 416 g/mol. The molecule has 4 rings (SSSR count). The third kappa shape index (κ3) is 4.35. The molecule has 0 saturated heterocycles. The lowest BCUT2D eigenvalue weighted by molar-refractivity contribution is -0.116. The van der Waals surface area contributed by atoms with Crippen molar-refractivity contribution in [3.05, 3.63) is 76.2 Å². The van der Waals surface area contributed by atoms with Crippen LogP contribution in [0.15, 0.2) is 69.6 Å². The second kappa shape index (κ2) is 8.23. The van der Waals surface area contributed by atoms with Crippen molar-refractivity contribution in [2.45, 2.75) is 20.4 Å². The van der Waals surface area contributed by atoms with Gasteiger partial charge in [-0.05, 0) is 32.0 Å². The van der Waals surface area contributed by atoms with Gasteiger partial charge in [0.1, 0.15) is 6.54 Å². The number of aromatic hydroxyl groups is 1. The van der Waals surface area contributed by atoms with Crippen molar-refractivity contribution < 1.29 is 9.90 Å². The summed E-state index contributed by atoms with van der Waals surface area (Å²) in [5, 5.41) is 22.3. The molecule has 2 aromatic carbocycles. The lowest BCUT2D eigenvalue weighted by Crippen LogP contribution is -2.18. The number of rotatable bonds is 5. The van der Waals surface area contributed by atoms with E-state index >= 15 is 0 Å². The highest BCUT2D eigenvalue weighted by Crippen LogP contribution is 2.39. The Bertz CT molecular complexity index is 1350. The molecule has 0 spiro atoms. The van der Waals surface area contributed by atoms with Gasteiger partial charge in [-0.15, -0.1) is 10.2 Å². The first-order valence-corrected chi connectivity index (χ1v) is 9.57. The number of anilines is 1. The number of aromatic nitrogens is 3. The first-order valence-electron chi connectivity index (χ1n) is 9.57. The minimum atomic E-state index is -0.346. The van der Waals surface area contributed by atoms with E-state index in [1.54, 1.807) is 31.2 Å². The van der Waals surface area contributed by atoms with Crippen LogP contribution in [0.25, 0.3) is 10.9 Å². The van der Waals surface area contributed by atoms with E-state index in [0.717, 1.165) is 5.56 Å². The van der Waals surface area contributed by atoms with Crippen LogP contribution >= 0.6 is 0 Å². The number of benzene rings is 2. The molecule has 0 saturated carbocycles. The summed E-state index contributed by atoms with van der Waals surface area (Å²) in [6.45, 7) is 3.52. The van der Waals surface area contributed by atoms with E-state index in [0.29, 0.717) is 22.3 Å². The van der Waals surface area contributed by atoms with Gasteiger partial charge in [0.05, 0.1) is 5.52 Å². The van der Waals surface area contributed by atoms with E-state index in [1.807, 2.05) is 31.2 Å². The summed E-state index contributed by atoms with van der Waals surface area (Å²) in [6.07, 6.45) is 0. The molecular weight excluding hydrogens is 396 g/mol. The molecule has 9 heteroatoms. The summed E-state index contributed by atoms with van der Waals surface area (Å²) in [7, 11) is 0. The first kappa shape index (κ1) is 20.0. The van der Waals surface area contributed by atoms with Crippen molar-refractivity contribution in [3.8, 4) is 5.88 Å². The van der Waals surface area contributed by atoms with Gasteiger partial charge in [-0.1, -0.05) is 35.9 Å². The number of fused-ring (bicyclic) bond motifs is 1. The van der Waals surface area contributed by atoms with Gasteiger partial charge in [0.25, 0.3) is 5.56 Å². The first-order chi connectivity index (χ1) is 14.9. The predicted molar refractivity (Wildman–Crippen MR) is 117 cm³/mol. The maximum Gasteiger partial charge on any atom is 0.252 e. The normalized spacial score (nSPS) is 11.3. The van der Waals surface area contributed by atoms with Crippen LogP contribution in [0, 0.1) is 13.8 Å². The van der Waals surface area contributed by atoms with Gasteiger partial charge in [0.15, 0.2) is 5.69 Å². The predicted octanol–water partition coefficient (Wildman–Crippen LogP) is 4.10. The number of hydrogen-bond donors (Lipinski definition) is 3. The summed E-state index contributed by atoms with van der Waals surface area (Å²) in [4.78, 5) is 30.8. The standard InChI is InChI=1S/C22H20N6O3/c1-13-7-9-15(10-8-13)24-19(30)12-28-17-6-4-3-5-16(17)20(21(28)31)26-27-22-23-14(2)11-18(29)25-22/h3-11,31H,12H2,1-2H3,(H,24,30)(H,23,25,29). The van der Waals surface area contributed by atoms with Crippen LogP contribution < -0.4 is 10.9 Å². The number of H-pyrrole nitrogens is 1. The van der Waals surface area contributed by atoms with Gasteiger partial charge in [0.2, 0.25) is 17.7 Å². The van der Waals surface area contributed by atoms with Gasteiger partial charge in [-0.25, -0.2) is 4.98 Å². The third-order valence-corrected chi connectivity index (χ3v) is 4.66. The number of hydrogen-bond acceptors (Lipinski definition) is 6. The number of amides is 1. The van der Waals surface area contributed by atoms with Gasteiger partial charge in [0, 0.05) is 22.8 Å². The van der Waals surface area contributed by atoms with Crippen LogP contribution in [-0.4, -0.2) is 25.5 Å². The average molecular weight is 416 g/mol. The zero-order valence-corrected chi connectivity index (χ0v) is 17.0. The summed E-state index contributed by atoms with van der Waals surface area (Å²) in [5.41, 5.74) is 2.71. The van der Waals surface area contributed by atoms with Crippen molar-refractivity contribution in [1.82, 2.24) is 14.5 Å². The zero-order valence-electron chi connectivity index (χ0n) is 17.0. The molecule has 0 atom stereocenters. The highest BCUT2D eigenvalue weighted by atomic mass is 16.3. The van der Waals surface area contributed by atoms with Crippen molar-refractivity contribution >= 4 is 34.1 Å². The van der Waals surface area contributed by atoms with Gasteiger partial charge >= 0.3 is 0 Å². The van der Waals surface area contributed by atoms with Gasteiger partial charge in [-0.2, -0.15) is 0 Å². The molecule has 0 aliphatic carbocycles. The SMILES string of the molecule is Cc1ccc(NC(=O)Cn2c(O)c(N=Nc3nc(C)cc(=O)[nH]3)c3ccccc32)cc1. The molecule has 1 amide bonds. The number of aromatic amines is 1. The van der Waals surface area contributed by atoms with E-state index < -0.39 is 0 Å². The lowest BCUT2D eigenvalue weighted by Gasteiger charge is -2.08. The fourth-order valence-corrected chi connectivity index (χ4v) is 3.22. The molecule has 0 unspecified atom stereocenters. The molecule has 31 heavy (non-hydrogen) atoms. The topological polar surface area (TPSA) is 125 Å². The maximum absolute atomic E-state index is 12.6. The fraction of sp³-hybridized carbons (Fsp3) is 0.136. The van der Waals surface area contributed by atoms with E-state index in [1.165, 1.54) is 10.6 Å². The summed E-state index contributed by atoms with van der Waals surface area (Å²) in [5.74, 6) is -0.481. The number of aryl methyl sites for hydroxylation is 2. The summed E-state index contributed by atoms with van der Waals surface area (Å²) in [6, 6.07) is 15.9. The fourth-order valence-electron chi connectivity index (χ4n) is 3.22. The molecule has 0 bridgehead atoms. The summed E-state index contributed by atoms with van der Waals surface area (Å²) < 4.78 is 1.46. The van der Waals surface area contributed by atoms with Crippen LogP contribution in [0.4, 0.5) is 17.3 Å². The molecule has 0 aliphatic heterocycles. The van der Waals surface area contributed by atoms with E-state index in [2.05, 4.69) is 25.5 Å². The smallest absolute Gasteiger partial charge is 0.252 e. The van der Waals surface area contributed by atoms with Gasteiger partial charge in [-0.3, -0.25) is 14.6 Å². The number of nitrogens with one attached hydrogen (secondary N) is 2. The molecule has 0 fully saturated rings. The largest absolute Gasteiger partial charge is 0.493 e. The van der Waals surface area contributed by atoms with E-state index in [-0.39, 0.29) is 35.5 Å². The van der Waals surface area contributed by atoms with Crippen LogP contribution in [0.5, 0.6) is 5.88 Å². The quantitative estimate of drug-likeness (QED) is 0.424. The number of carbonyl (C=O) groups is 1. The Hall–Kier alpha value is -4.27. The Kier molecular flexibility index (Phi) is 5.31. The molecule has 2 aromatic heterocycles. The highest BCUT2D eigenvalue weighted by molar-refractivity contribution is 5.97. The molecule has 0 aliphatic rings. The van der Waals surface area contributed by atoms with E-state index in [9.17, 15) is 14.7 Å². The van der Waals surface area contributed by atoms with Crippen molar-refractivity contribution in [2.75, 3.05) is 5.32 Å². The lowest BCUT2D eigenvalue weighted by atomic mass is 10.2. The van der Waals surface area contributed by atoms with E-state index in [4.69, 9.17) is 0 Å². The molecule has 4 aromatic rings. The van der Waals surface area contributed by atoms with Crippen molar-refractivity contribution in [2.24, 2.45) is 10.2 Å². The molecular formula is C22H20N6O3. The minimum absolute atomic E-state index is 0.0262. The second-order valence-electron chi connectivity index (χ2n) is 7.10. The van der Waals surface area contributed by atoms with Crippen LogP contribution in [0.1, 0.15) is 11.3 Å². The zero-order chi connectivity index (χ0) is 22.0. The Labute approximate surface area is 177 Å². The minimum Gasteiger partial charge on any atom is -0.493 e. The molecule has 9 nitrogen and oxygen atoms in total. The number of para-hydroxylation sites is 1. The number of azo groups is 1. The summed E-state index contributed by atoms with van der Waals surface area (Å²) >= 11 is 0. The van der Waals surface area contributed by atoms with Crippen LogP contribution in [-0.2, 0) is 11.3 Å². The van der Waals surface area contributed by atoms with Crippen LogP contribution in [0.3, 0.4) is 0 Å².